The normalized spacial score (nSPS) is 12.7. The van der Waals surface area contributed by atoms with Gasteiger partial charge >= 0.3 is 0 Å². The Balaban J connectivity index is 2.05. The molecule has 0 saturated carbocycles. The summed E-state index contributed by atoms with van der Waals surface area (Å²) in [5, 5.41) is 8.06. The second-order valence-electron chi connectivity index (χ2n) is 4.84. The van der Waals surface area contributed by atoms with E-state index in [9.17, 15) is 0 Å². The van der Waals surface area contributed by atoms with Crippen molar-refractivity contribution in [1.82, 2.24) is 15.1 Å². The third kappa shape index (κ3) is 3.51. The number of hydrogen-bond acceptors (Lipinski definition) is 2. The number of benzene rings is 1. The Morgan fingerprint density at radius 3 is 2.45 bits per heavy atom. The van der Waals surface area contributed by atoms with E-state index in [1.165, 1.54) is 11.3 Å². The SMILES string of the molecule is CCc1nn(C)c(CN[C@H](C)c2ccc(Br)cc2)c1Br. The van der Waals surface area contributed by atoms with Crippen LogP contribution in [0.1, 0.15) is 36.8 Å². The van der Waals surface area contributed by atoms with E-state index in [1.54, 1.807) is 0 Å². The van der Waals surface area contributed by atoms with E-state index in [0.29, 0.717) is 6.04 Å². The zero-order chi connectivity index (χ0) is 14.7. The molecule has 1 aromatic heterocycles. The molecule has 0 fully saturated rings. The van der Waals surface area contributed by atoms with Crippen LogP contribution in [-0.4, -0.2) is 9.78 Å². The van der Waals surface area contributed by atoms with Crippen molar-refractivity contribution < 1.29 is 0 Å². The fourth-order valence-electron chi connectivity index (χ4n) is 2.13. The lowest BCUT2D eigenvalue weighted by Crippen LogP contribution is -2.20. The van der Waals surface area contributed by atoms with Gasteiger partial charge in [-0.1, -0.05) is 35.0 Å². The molecule has 2 aromatic rings. The molecule has 0 aliphatic heterocycles. The summed E-state index contributed by atoms with van der Waals surface area (Å²) in [6, 6.07) is 8.72. The number of rotatable bonds is 5. The molecule has 3 nitrogen and oxygen atoms in total. The monoisotopic (exact) mass is 399 g/mol. The van der Waals surface area contributed by atoms with Gasteiger partial charge in [0.2, 0.25) is 0 Å². The molecule has 0 amide bonds. The van der Waals surface area contributed by atoms with E-state index in [2.05, 4.69) is 80.4 Å². The van der Waals surface area contributed by atoms with Gasteiger partial charge in [0, 0.05) is 24.1 Å². The fourth-order valence-corrected chi connectivity index (χ4v) is 3.15. The molecule has 1 atom stereocenters. The lowest BCUT2D eigenvalue weighted by Gasteiger charge is -2.14. The Labute approximate surface area is 137 Å². The second-order valence-corrected chi connectivity index (χ2v) is 6.55. The first-order valence-corrected chi connectivity index (χ1v) is 8.30. The molecule has 1 heterocycles. The molecule has 0 aliphatic carbocycles. The van der Waals surface area contributed by atoms with Gasteiger partial charge in [-0.05, 0) is 47.0 Å². The second kappa shape index (κ2) is 6.87. The van der Waals surface area contributed by atoms with Crippen LogP contribution in [0.15, 0.2) is 33.2 Å². The van der Waals surface area contributed by atoms with Crippen molar-refractivity contribution in [2.75, 3.05) is 0 Å². The van der Waals surface area contributed by atoms with Gasteiger partial charge in [-0.15, -0.1) is 0 Å². The van der Waals surface area contributed by atoms with Gasteiger partial charge in [-0.25, -0.2) is 0 Å². The Kier molecular flexibility index (Phi) is 5.41. The molecule has 2 rings (SSSR count). The van der Waals surface area contributed by atoms with Gasteiger partial charge in [-0.3, -0.25) is 4.68 Å². The molecule has 5 heteroatoms. The van der Waals surface area contributed by atoms with E-state index in [4.69, 9.17) is 0 Å². The van der Waals surface area contributed by atoms with Crippen molar-refractivity contribution in [3.8, 4) is 0 Å². The Bertz CT molecular complexity index is 576. The maximum Gasteiger partial charge on any atom is 0.0767 e. The van der Waals surface area contributed by atoms with Crippen LogP contribution >= 0.6 is 31.9 Å². The van der Waals surface area contributed by atoms with Crippen molar-refractivity contribution in [3.05, 3.63) is 50.2 Å². The quantitative estimate of drug-likeness (QED) is 0.807. The predicted octanol–water partition coefficient (Wildman–Crippen LogP) is 4.36. The molecule has 0 saturated heterocycles. The summed E-state index contributed by atoms with van der Waals surface area (Å²) in [6.07, 6.45) is 0.941. The highest BCUT2D eigenvalue weighted by molar-refractivity contribution is 9.10. The zero-order valence-corrected chi connectivity index (χ0v) is 15.1. The van der Waals surface area contributed by atoms with Gasteiger partial charge in [-0.2, -0.15) is 5.10 Å². The van der Waals surface area contributed by atoms with Crippen LogP contribution in [0.25, 0.3) is 0 Å². The minimum atomic E-state index is 0.301. The summed E-state index contributed by atoms with van der Waals surface area (Å²) in [5.74, 6) is 0. The Morgan fingerprint density at radius 2 is 1.90 bits per heavy atom. The summed E-state index contributed by atoms with van der Waals surface area (Å²) < 4.78 is 4.18. The molecule has 0 bridgehead atoms. The molecule has 0 unspecified atom stereocenters. The first-order chi connectivity index (χ1) is 9.52. The van der Waals surface area contributed by atoms with Crippen molar-refractivity contribution >= 4 is 31.9 Å². The Hall–Kier alpha value is -0.650. The number of aryl methyl sites for hydroxylation is 2. The minimum Gasteiger partial charge on any atom is -0.305 e. The van der Waals surface area contributed by atoms with E-state index in [1.807, 2.05) is 11.7 Å². The third-order valence-electron chi connectivity index (χ3n) is 3.45. The van der Waals surface area contributed by atoms with E-state index in [0.717, 1.165) is 27.6 Å². The smallest absolute Gasteiger partial charge is 0.0767 e. The standard InChI is InChI=1S/C15H19Br2N3/c1-4-13-15(17)14(20(3)19-13)9-18-10(2)11-5-7-12(16)8-6-11/h5-8,10,18H,4,9H2,1-3H3/t10-/m1/s1. The highest BCUT2D eigenvalue weighted by Gasteiger charge is 2.13. The van der Waals surface area contributed by atoms with Crippen molar-refractivity contribution in [3.63, 3.8) is 0 Å². The topological polar surface area (TPSA) is 29.9 Å². The summed E-state index contributed by atoms with van der Waals surface area (Å²) in [5.41, 5.74) is 3.58. The van der Waals surface area contributed by atoms with Crippen molar-refractivity contribution in [1.29, 1.82) is 0 Å². The summed E-state index contributed by atoms with van der Waals surface area (Å²) in [6.45, 7) is 5.09. The highest BCUT2D eigenvalue weighted by Crippen LogP contribution is 2.23. The lowest BCUT2D eigenvalue weighted by molar-refractivity contribution is 0.546. The molecule has 0 spiro atoms. The average Bonchev–Trinajstić information content (AvgIpc) is 2.71. The van der Waals surface area contributed by atoms with Crippen LogP contribution in [-0.2, 0) is 20.0 Å². The molecule has 0 aliphatic rings. The van der Waals surface area contributed by atoms with Gasteiger partial charge in [0.05, 0.1) is 15.9 Å². The summed E-state index contributed by atoms with van der Waals surface area (Å²) in [4.78, 5) is 0. The van der Waals surface area contributed by atoms with E-state index >= 15 is 0 Å². The van der Waals surface area contributed by atoms with Crippen LogP contribution in [0.5, 0.6) is 0 Å². The zero-order valence-electron chi connectivity index (χ0n) is 12.0. The molecule has 1 aromatic carbocycles. The summed E-state index contributed by atoms with van der Waals surface area (Å²) >= 11 is 7.11. The number of nitrogens with one attached hydrogen (secondary N) is 1. The molecule has 0 radical (unpaired) electrons. The molecular weight excluding hydrogens is 382 g/mol. The predicted molar refractivity (Wildman–Crippen MR) is 89.7 cm³/mol. The van der Waals surface area contributed by atoms with Gasteiger partial charge in [0.15, 0.2) is 0 Å². The minimum absolute atomic E-state index is 0.301. The molecule has 1 N–H and O–H groups in total. The molecule has 108 valence electrons. The fraction of sp³-hybridized carbons (Fsp3) is 0.400. The van der Waals surface area contributed by atoms with E-state index in [-0.39, 0.29) is 0 Å². The first-order valence-electron chi connectivity index (χ1n) is 6.72. The van der Waals surface area contributed by atoms with Crippen LogP contribution in [0.3, 0.4) is 0 Å². The highest BCUT2D eigenvalue weighted by atomic mass is 79.9. The van der Waals surface area contributed by atoms with Gasteiger partial charge in [0.1, 0.15) is 0 Å². The maximum absolute atomic E-state index is 4.51. The number of halogens is 2. The van der Waals surface area contributed by atoms with Crippen LogP contribution < -0.4 is 5.32 Å². The third-order valence-corrected chi connectivity index (χ3v) is 4.89. The van der Waals surface area contributed by atoms with Crippen molar-refractivity contribution in [2.24, 2.45) is 7.05 Å². The molecular formula is C15H19Br2N3. The average molecular weight is 401 g/mol. The van der Waals surface area contributed by atoms with Crippen LogP contribution in [0.4, 0.5) is 0 Å². The summed E-state index contributed by atoms with van der Waals surface area (Å²) in [7, 11) is 1.99. The Morgan fingerprint density at radius 1 is 1.25 bits per heavy atom. The van der Waals surface area contributed by atoms with Gasteiger partial charge < -0.3 is 5.32 Å². The first kappa shape index (κ1) is 15.7. The maximum atomic E-state index is 4.51. The largest absolute Gasteiger partial charge is 0.305 e. The van der Waals surface area contributed by atoms with Gasteiger partial charge in [0.25, 0.3) is 0 Å². The molecule has 20 heavy (non-hydrogen) atoms. The number of aromatic nitrogens is 2. The van der Waals surface area contributed by atoms with E-state index < -0.39 is 0 Å². The van der Waals surface area contributed by atoms with Crippen LogP contribution in [0.2, 0.25) is 0 Å². The number of hydrogen-bond donors (Lipinski definition) is 1. The lowest BCUT2D eigenvalue weighted by atomic mass is 10.1. The number of nitrogens with zero attached hydrogens (tertiary/aromatic N) is 2. The van der Waals surface area contributed by atoms with Crippen molar-refractivity contribution in [2.45, 2.75) is 32.9 Å². The van der Waals surface area contributed by atoms with Crippen LogP contribution in [0, 0.1) is 0 Å².